The minimum absolute atomic E-state index is 0.0756. The van der Waals surface area contributed by atoms with Crippen LogP contribution in [0.5, 0.6) is 5.75 Å². The van der Waals surface area contributed by atoms with Crippen LogP contribution in [0.15, 0.2) is 65.3 Å². The van der Waals surface area contributed by atoms with Crippen LogP contribution in [0.3, 0.4) is 0 Å². The molecule has 0 unspecified atom stereocenters. The third-order valence-corrected chi connectivity index (χ3v) is 6.59. The van der Waals surface area contributed by atoms with Crippen molar-refractivity contribution < 1.29 is 13.9 Å². The smallest absolute Gasteiger partial charge is 0.246 e. The normalized spacial score (nSPS) is 14.4. The molecule has 0 saturated carbocycles. The molecular formula is C29H29NO3. The van der Waals surface area contributed by atoms with E-state index in [2.05, 4.69) is 48.5 Å². The highest BCUT2D eigenvalue weighted by Crippen LogP contribution is 2.42. The van der Waals surface area contributed by atoms with E-state index >= 15 is 0 Å². The Labute approximate surface area is 194 Å². The SMILES string of the molecule is CCOc1c(/C(C)=C/C(=O)N2CCCC2)cc2c(-c3cccc4ccccc34)coc2c1C. The number of benzene rings is 3. The maximum absolute atomic E-state index is 12.8. The molecule has 0 spiro atoms. The first kappa shape index (κ1) is 21.3. The summed E-state index contributed by atoms with van der Waals surface area (Å²) in [5, 5.41) is 3.41. The number of amides is 1. The van der Waals surface area contributed by atoms with Crippen molar-refractivity contribution in [2.75, 3.05) is 19.7 Å². The van der Waals surface area contributed by atoms with Crippen molar-refractivity contribution in [1.29, 1.82) is 0 Å². The van der Waals surface area contributed by atoms with Gasteiger partial charge in [0.05, 0.1) is 12.9 Å². The highest BCUT2D eigenvalue weighted by Gasteiger charge is 2.21. The molecule has 1 fully saturated rings. The van der Waals surface area contributed by atoms with E-state index in [-0.39, 0.29) is 5.91 Å². The van der Waals surface area contributed by atoms with Gasteiger partial charge in [-0.1, -0.05) is 42.5 Å². The third kappa shape index (κ3) is 3.80. The lowest BCUT2D eigenvalue weighted by Gasteiger charge is -2.16. The zero-order valence-corrected chi connectivity index (χ0v) is 19.5. The predicted molar refractivity (Wildman–Crippen MR) is 135 cm³/mol. The number of carbonyl (C=O) groups excluding carboxylic acids is 1. The van der Waals surface area contributed by atoms with Gasteiger partial charge in [-0.3, -0.25) is 4.79 Å². The number of hydrogen-bond acceptors (Lipinski definition) is 3. The van der Waals surface area contributed by atoms with Crippen LogP contribution in [0.1, 0.15) is 37.8 Å². The first-order chi connectivity index (χ1) is 16.1. The minimum atomic E-state index is 0.0756. The van der Waals surface area contributed by atoms with Crippen LogP contribution >= 0.6 is 0 Å². The Morgan fingerprint density at radius 2 is 1.82 bits per heavy atom. The maximum Gasteiger partial charge on any atom is 0.246 e. The fraction of sp³-hybridized carbons (Fsp3) is 0.276. The first-order valence-corrected chi connectivity index (χ1v) is 11.7. The second kappa shape index (κ2) is 8.78. The average molecular weight is 440 g/mol. The van der Waals surface area contributed by atoms with E-state index < -0.39 is 0 Å². The van der Waals surface area contributed by atoms with Gasteiger partial charge in [-0.05, 0) is 61.6 Å². The molecule has 0 aliphatic carbocycles. The Kier molecular flexibility index (Phi) is 5.67. The van der Waals surface area contributed by atoms with Gasteiger partial charge in [0, 0.05) is 41.2 Å². The Morgan fingerprint density at radius 3 is 2.61 bits per heavy atom. The molecule has 168 valence electrons. The van der Waals surface area contributed by atoms with Gasteiger partial charge in [-0.15, -0.1) is 0 Å². The van der Waals surface area contributed by atoms with Crippen LogP contribution in [0.4, 0.5) is 0 Å². The number of carbonyl (C=O) groups is 1. The van der Waals surface area contributed by atoms with Crippen LogP contribution in [0.2, 0.25) is 0 Å². The zero-order valence-electron chi connectivity index (χ0n) is 19.5. The Hall–Kier alpha value is -3.53. The first-order valence-electron chi connectivity index (χ1n) is 11.7. The highest BCUT2D eigenvalue weighted by atomic mass is 16.5. The molecule has 0 atom stereocenters. The van der Waals surface area contributed by atoms with E-state index in [0.717, 1.165) is 70.5 Å². The van der Waals surface area contributed by atoms with Crippen LogP contribution in [-0.2, 0) is 4.79 Å². The molecule has 4 aromatic rings. The van der Waals surface area contributed by atoms with Gasteiger partial charge in [-0.2, -0.15) is 0 Å². The van der Waals surface area contributed by atoms with Crippen molar-refractivity contribution in [3.05, 3.63) is 72.0 Å². The van der Waals surface area contributed by atoms with Crippen molar-refractivity contribution >= 4 is 33.2 Å². The standard InChI is InChI=1S/C29H29NO3/c1-4-32-28-20(3)29-25(17-24(28)19(2)16-27(31)30-14-7-8-15-30)26(18-33-29)23-13-9-11-21-10-5-6-12-22(21)23/h5-6,9-13,16-18H,4,7-8,14-15H2,1-3H3/b19-16+. The molecule has 1 saturated heterocycles. The summed E-state index contributed by atoms with van der Waals surface area (Å²) in [5.74, 6) is 0.860. The van der Waals surface area contributed by atoms with E-state index in [1.165, 1.54) is 10.8 Å². The van der Waals surface area contributed by atoms with Crippen LogP contribution in [-0.4, -0.2) is 30.5 Å². The molecular weight excluding hydrogens is 410 g/mol. The minimum Gasteiger partial charge on any atom is -0.493 e. The predicted octanol–water partition coefficient (Wildman–Crippen LogP) is 6.99. The van der Waals surface area contributed by atoms with Gasteiger partial charge in [0.25, 0.3) is 0 Å². The van der Waals surface area contributed by atoms with Gasteiger partial charge in [-0.25, -0.2) is 0 Å². The van der Waals surface area contributed by atoms with Crippen molar-refractivity contribution in [2.45, 2.75) is 33.6 Å². The second-order valence-corrected chi connectivity index (χ2v) is 8.72. The molecule has 1 aromatic heterocycles. The molecule has 4 heteroatoms. The Bertz CT molecular complexity index is 1370. The molecule has 3 aromatic carbocycles. The van der Waals surface area contributed by atoms with Crippen molar-refractivity contribution in [3.8, 4) is 16.9 Å². The van der Waals surface area contributed by atoms with Gasteiger partial charge >= 0.3 is 0 Å². The summed E-state index contributed by atoms with van der Waals surface area (Å²) in [4.78, 5) is 14.7. The summed E-state index contributed by atoms with van der Waals surface area (Å²) in [6.07, 6.45) is 5.76. The van der Waals surface area contributed by atoms with Crippen LogP contribution < -0.4 is 4.74 Å². The van der Waals surface area contributed by atoms with Crippen LogP contribution in [0, 0.1) is 6.92 Å². The Morgan fingerprint density at radius 1 is 1.06 bits per heavy atom. The van der Waals surface area contributed by atoms with Gasteiger partial charge in [0.2, 0.25) is 5.91 Å². The maximum atomic E-state index is 12.8. The fourth-order valence-electron chi connectivity index (χ4n) is 4.90. The second-order valence-electron chi connectivity index (χ2n) is 8.72. The quantitative estimate of drug-likeness (QED) is 0.315. The molecule has 0 bridgehead atoms. The molecule has 0 radical (unpaired) electrons. The molecule has 4 nitrogen and oxygen atoms in total. The summed E-state index contributed by atoms with van der Waals surface area (Å²) >= 11 is 0. The summed E-state index contributed by atoms with van der Waals surface area (Å²) < 4.78 is 12.2. The number of furan rings is 1. The number of nitrogens with zero attached hydrogens (tertiary/aromatic N) is 1. The summed E-state index contributed by atoms with van der Waals surface area (Å²) in [6, 6.07) is 16.9. The van der Waals surface area contributed by atoms with Gasteiger partial charge < -0.3 is 14.1 Å². The van der Waals surface area contributed by atoms with Crippen LogP contribution in [0.25, 0.3) is 38.4 Å². The number of aryl methyl sites for hydroxylation is 1. The number of rotatable bonds is 5. The van der Waals surface area contributed by atoms with E-state index in [0.29, 0.717) is 6.61 Å². The molecule has 1 amide bonds. The summed E-state index contributed by atoms with van der Waals surface area (Å²) in [6.45, 7) is 8.23. The van der Waals surface area contributed by atoms with E-state index in [1.54, 1.807) is 6.08 Å². The third-order valence-electron chi connectivity index (χ3n) is 6.59. The van der Waals surface area contributed by atoms with Gasteiger partial charge in [0.1, 0.15) is 11.3 Å². The number of allylic oxidation sites excluding steroid dienone is 1. The summed E-state index contributed by atoms with van der Waals surface area (Å²) in [7, 11) is 0. The molecule has 1 aliphatic heterocycles. The molecule has 0 N–H and O–H groups in total. The lowest BCUT2D eigenvalue weighted by Crippen LogP contribution is -2.25. The molecule has 2 heterocycles. The number of fused-ring (bicyclic) bond motifs is 2. The largest absolute Gasteiger partial charge is 0.493 e. The van der Waals surface area contributed by atoms with E-state index in [1.807, 2.05) is 31.9 Å². The molecule has 1 aliphatic rings. The topological polar surface area (TPSA) is 42.7 Å². The van der Waals surface area contributed by atoms with Crippen molar-refractivity contribution in [1.82, 2.24) is 4.90 Å². The zero-order chi connectivity index (χ0) is 22.9. The number of likely N-dealkylation sites (tertiary alicyclic amines) is 1. The summed E-state index contributed by atoms with van der Waals surface area (Å²) in [5.41, 5.74) is 5.81. The lowest BCUT2D eigenvalue weighted by molar-refractivity contribution is -0.124. The molecule has 33 heavy (non-hydrogen) atoms. The average Bonchev–Trinajstić information content (AvgIpc) is 3.51. The highest BCUT2D eigenvalue weighted by molar-refractivity contribution is 6.07. The number of ether oxygens (including phenoxy) is 1. The monoisotopic (exact) mass is 439 g/mol. The Balaban J connectivity index is 1.69. The van der Waals surface area contributed by atoms with E-state index in [4.69, 9.17) is 9.15 Å². The van der Waals surface area contributed by atoms with Crippen molar-refractivity contribution in [3.63, 3.8) is 0 Å². The fourth-order valence-corrected chi connectivity index (χ4v) is 4.90. The van der Waals surface area contributed by atoms with Crippen molar-refractivity contribution in [2.24, 2.45) is 0 Å². The molecule has 5 rings (SSSR count). The van der Waals surface area contributed by atoms with Gasteiger partial charge in [0.15, 0.2) is 0 Å². The number of hydrogen-bond donors (Lipinski definition) is 0. The lowest BCUT2D eigenvalue weighted by atomic mass is 9.94. The van der Waals surface area contributed by atoms with E-state index in [9.17, 15) is 4.79 Å².